The van der Waals surface area contributed by atoms with Gasteiger partial charge in [-0.25, -0.2) is 14.8 Å². The Bertz CT molecular complexity index is 531. The number of amides is 1. The van der Waals surface area contributed by atoms with Gasteiger partial charge in [0.1, 0.15) is 0 Å². The zero-order chi connectivity index (χ0) is 13.0. The van der Waals surface area contributed by atoms with Crippen molar-refractivity contribution >= 4 is 27.7 Å². The summed E-state index contributed by atoms with van der Waals surface area (Å²) in [5, 5.41) is 0. The van der Waals surface area contributed by atoms with E-state index >= 15 is 0 Å². The second-order valence-electron chi connectivity index (χ2n) is 3.45. The Morgan fingerprint density at radius 1 is 1.22 bits per heavy atom. The van der Waals surface area contributed by atoms with Gasteiger partial charge in [0.25, 0.3) is 0 Å². The van der Waals surface area contributed by atoms with Crippen LogP contribution in [0, 0.1) is 0 Å². The fourth-order valence-electron chi connectivity index (χ4n) is 1.26. The fourth-order valence-corrected chi connectivity index (χ4v) is 1.46. The highest BCUT2D eigenvalue weighted by Crippen LogP contribution is 2.14. The second-order valence-corrected chi connectivity index (χ2v) is 4.36. The number of anilines is 1. The molecule has 6 heteroatoms. The third-order valence-electron chi connectivity index (χ3n) is 2.19. The lowest BCUT2D eigenvalue weighted by Crippen LogP contribution is -2.29. The Hall–Kier alpha value is -1.95. The van der Waals surface area contributed by atoms with Crippen LogP contribution in [0.1, 0.15) is 0 Å². The summed E-state index contributed by atoms with van der Waals surface area (Å²) in [6.45, 7) is 0. The average Bonchev–Trinajstić information content (AvgIpc) is 2.41. The molecule has 0 radical (unpaired) electrons. The molecule has 0 unspecified atom stereocenters. The highest BCUT2D eigenvalue weighted by Gasteiger charge is 2.14. The monoisotopic (exact) mass is 307 g/mol. The minimum atomic E-state index is -0.538. The number of carbonyl (C=O) groups excluding carboxylic acids is 1. The number of hydrogen-bond donors (Lipinski definition) is 0. The Balaban J connectivity index is 2.06. The molecule has 1 amide bonds. The normalized spacial score (nSPS) is 9.89. The lowest BCUT2D eigenvalue weighted by atomic mass is 10.3. The molecule has 0 saturated heterocycles. The van der Waals surface area contributed by atoms with Gasteiger partial charge in [-0.1, -0.05) is 18.2 Å². The van der Waals surface area contributed by atoms with Crippen LogP contribution >= 0.6 is 15.9 Å². The summed E-state index contributed by atoms with van der Waals surface area (Å²) in [5.74, 6) is 0. The molecule has 0 spiro atoms. The van der Waals surface area contributed by atoms with Crippen LogP contribution in [-0.4, -0.2) is 23.1 Å². The van der Waals surface area contributed by atoms with Gasteiger partial charge in [0.05, 0.1) is 4.47 Å². The quantitative estimate of drug-likeness (QED) is 0.856. The van der Waals surface area contributed by atoms with E-state index in [1.165, 1.54) is 17.3 Å². The van der Waals surface area contributed by atoms with Gasteiger partial charge in [-0.3, -0.25) is 4.90 Å². The number of nitrogens with zero attached hydrogens (tertiary/aromatic N) is 3. The van der Waals surface area contributed by atoms with Gasteiger partial charge in [-0.2, -0.15) is 0 Å². The SMILES string of the molecule is CN(C(=O)Oc1ncc(Br)cn1)c1ccccc1. The number of halogens is 1. The molecule has 0 bridgehead atoms. The minimum absolute atomic E-state index is 0.0194. The molecule has 0 fully saturated rings. The Labute approximate surface area is 113 Å². The van der Waals surface area contributed by atoms with E-state index in [-0.39, 0.29) is 6.01 Å². The van der Waals surface area contributed by atoms with Crippen LogP contribution in [0.3, 0.4) is 0 Å². The Morgan fingerprint density at radius 3 is 2.44 bits per heavy atom. The fraction of sp³-hybridized carbons (Fsp3) is 0.0833. The first-order valence-electron chi connectivity index (χ1n) is 5.15. The van der Waals surface area contributed by atoms with Crippen molar-refractivity contribution in [2.24, 2.45) is 0 Å². The molecule has 1 aromatic carbocycles. The van der Waals surface area contributed by atoms with Gasteiger partial charge >= 0.3 is 12.1 Å². The second kappa shape index (κ2) is 5.59. The summed E-state index contributed by atoms with van der Waals surface area (Å²) in [5.41, 5.74) is 0.736. The number of carbonyl (C=O) groups is 1. The first-order chi connectivity index (χ1) is 8.66. The average molecular weight is 308 g/mol. The lowest BCUT2D eigenvalue weighted by molar-refractivity contribution is 0.205. The molecule has 5 nitrogen and oxygen atoms in total. The molecule has 2 aromatic rings. The Morgan fingerprint density at radius 2 is 1.83 bits per heavy atom. The van der Waals surface area contributed by atoms with Crippen LogP contribution in [0.4, 0.5) is 10.5 Å². The molecule has 0 atom stereocenters. The largest absolute Gasteiger partial charge is 0.421 e. The number of benzene rings is 1. The summed E-state index contributed by atoms with van der Waals surface area (Å²) >= 11 is 3.20. The van der Waals surface area contributed by atoms with Crippen molar-refractivity contribution in [3.05, 3.63) is 47.2 Å². The number of hydrogen-bond acceptors (Lipinski definition) is 4. The van der Waals surface area contributed by atoms with Crippen molar-refractivity contribution in [1.29, 1.82) is 0 Å². The van der Waals surface area contributed by atoms with Crippen molar-refractivity contribution in [2.45, 2.75) is 0 Å². The van der Waals surface area contributed by atoms with Crippen molar-refractivity contribution < 1.29 is 9.53 Å². The van der Waals surface area contributed by atoms with E-state index in [0.29, 0.717) is 0 Å². The van der Waals surface area contributed by atoms with Crippen molar-refractivity contribution in [3.63, 3.8) is 0 Å². The molecule has 0 N–H and O–H groups in total. The molecular formula is C12H10BrN3O2. The molecule has 0 aliphatic heterocycles. The van der Waals surface area contributed by atoms with Gasteiger partial charge in [-0.05, 0) is 28.1 Å². The van der Waals surface area contributed by atoms with Crippen LogP contribution in [0.2, 0.25) is 0 Å². The third-order valence-corrected chi connectivity index (χ3v) is 2.60. The first kappa shape index (κ1) is 12.5. The number of para-hydroxylation sites is 1. The number of aromatic nitrogens is 2. The summed E-state index contributed by atoms with van der Waals surface area (Å²) in [6.07, 6.45) is 2.49. The van der Waals surface area contributed by atoms with E-state index in [1.807, 2.05) is 30.3 Å². The predicted molar refractivity (Wildman–Crippen MR) is 70.6 cm³/mol. The molecule has 1 heterocycles. The standard InChI is InChI=1S/C12H10BrN3O2/c1-16(10-5-3-2-4-6-10)12(17)18-11-14-7-9(13)8-15-11/h2-8H,1H3. The van der Waals surface area contributed by atoms with Crippen LogP contribution in [0.5, 0.6) is 6.01 Å². The molecule has 18 heavy (non-hydrogen) atoms. The van der Waals surface area contributed by atoms with Gasteiger partial charge < -0.3 is 4.74 Å². The van der Waals surface area contributed by atoms with Gasteiger partial charge in [0, 0.05) is 25.1 Å². The van der Waals surface area contributed by atoms with Gasteiger partial charge in [0.2, 0.25) is 0 Å². The lowest BCUT2D eigenvalue weighted by Gasteiger charge is -2.15. The zero-order valence-electron chi connectivity index (χ0n) is 9.58. The molecule has 0 saturated carbocycles. The number of rotatable bonds is 2. The van der Waals surface area contributed by atoms with E-state index in [4.69, 9.17) is 4.74 Å². The maximum atomic E-state index is 11.8. The van der Waals surface area contributed by atoms with E-state index < -0.39 is 6.09 Å². The summed E-state index contributed by atoms with van der Waals surface area (Å²) in [7, 11) is 1.62. The molecule has 0 aliphatic rings. The first-order valence-corrected chi connectivity index (χ1v) is 5.94. The van der Waals surface area contributed by atoms with E-state index in [9.17, 15) is 4.79 Å². The maximum absolute atomic E-state index is 11.8. The van der Waals surface area contributed by atoms with Gasteiger partial charge in [0.15, 0.2) is 0 Å². The zero-order valence-corrected chi connectivity index (χ0v) is 11.2. The van der Waals surface area contributed by atoms with Crippen LogP contribution in [0.15, 0.2) is 47.2 Å². The maximum Gasteiger partial charge on any atom is 0.421 e. The summed E-state index contributed by atoms with van der Waals surface area (Å²) in [4.78, 5) is 20.9. The third kappa shape index (κ3) is 3.04. The summed E-state index contributed by atoms with van der Waals surface area (Å²) < 4.78 is 5.75. The van der Waals surface area contributed by atoms with E-state index in [1.54, 1.807) is 7.05 Å². The van der Waals surface area contributed by atoms with Crippen molar-refractivity contribution in [2.75, 3.05) is 11.9 Å². The molecule has 92 valence electrons. The van der Waals surface area contributed by atoms with Crippen LogP contribution < -0.4 is 9.64 Å². The highest BCUT2D eigenvalue weighted by atomic mass is 79.9. The van der Waals surface area contributed by atoms with Crippen molar-refractivity contribution in [1.82, 2.24) is 9.97 Å². The van der Waals surface area contributed by atoms with Crippen molar-refractivity contribution in [3.8, 4) is 6.01 Å². The molecule has 1 aromatic heterocycles. The van der Waals surface area contributed by atoms with E-state index in [2.05, 4.69) is 25.9 Å². The van der Waals surface area contributed by atoms with E-state index in [0.717, 1.165) is 10.2 Å². The van der Waals surface area contributed by atoms with Crippen LogP contribution in [0.25, 0.3) is 0 Å². The predicted octanol–water partition coefficient (Wildman–Crippen LogP) is 2.87. The highest BCUT2D eigenvalue weighted by molar-refractivity contribution is 9.10. The number of ether oxygens (including phenoxy) is 1. The molecule has 2 rings (SSSR count). The van der Waals surface area contributed by atoms with Gasteiger partial charge in [-0.15, -0.1) is 0 Å². The molecular weight excluding hydrogens is 298 g/mol. The smallest absolute Gasteiger partial charge is 0.374 e. The Kier molecular flexibility index (Phi) is 3.88. The van der Waals surface area contributed by atoms with Crippen LogP contribution in [-0.2, 0) is 0 Å². The molecule has 0 aliphatic carbocycles. The summed E-state index contributed by atoms with van der Waals surface area (Å²) in [6, 6.07) is 9.20. The minimum Gasteiger partial charge on any atom is -0.374 e. The topological polar surface area (TPSA) is 55.3 Å².